The Balaban J connectivity index is 2.57. The molecule has 1 aromatic rings. The average molecular weight is 201 g/mol. The number of hydrogen-bond donors (Lipinski definition) is 1. The van der Waals surface area contributed by atoms with Crippen LogP contribution in [0.2, 0.25) is 0 Å². The number of benzene rings is 1. The van der Waals surface area contributed by atoms with Crippen LogP contribution in [0.3, 0.4) is 0 Å². The largest absolute Gasteiger partial charge is 0.326 e. The number of terminal acetylenes is 1. The minimum atomic E-state index is -0.0267. The fourth-order valence-corrected chi connectivity index (χ4v) is 1.28. The smallest absolute Gasteiger partial charge is 0.225 e. The van der Waals surface area contributed by atoms with Crippen LogP contribution < -0.4 is 5.32 Å². The highest BCUT2D eigenvalue weighted by molar-refractivity contribution is 5.90. The lowest BCUT2D eigenvalue weighted by Gasteiger charge is -2.05. The van der Waals surface area contributed by atoms with Gasteiger partial charge in [-0.05, 0) is 24.1 Å². The molecule has 78 valence electrons. The van der Waals surface area contributed by atoms with Crippen LogP contribution >= 0.6 is 0 Å². The van der Waals surface area contributed by atoms with Crippen LogP contribution in [-0.4, -0.2) is 5.91 Å². The molecule has 2 nitrogen and oxygen atoms in total. The number of nitrogens with one attached hydrogen (secondary N) is 1. The predicted octanol–water partition coefficient (Wildman–Crippen LogP) is 2.60. The molecule has 0 radical (unpaired) electrons. The molecule has 0 aliphatic rings. The maximum Gasteiger partial charge on any atom is 0.225 e. The molecule has 0 unspecified atom stereocenters. The van der Waals surface area contributed by atoms with Gasteiger partial charge in [0.15, 0.2) is 0 Å². The van der Waals surface area contributed by atoms with Crippen LogP contribution in [-0.2, 0) is 11.2 Å². The Bertz CT molecular complexity index is 376. The van der Waals surface area contributed by atoms with Gasteiger partial charge in [-0.3, -0.25) is 4.79 Å². The summed E-state index contributed by atoms with van der Waals surface area (Å²) in [4.78, 5) is 11.4. The third-order valence-corrected chi connectivity index (χ3v) is 2.12. The monoisotopic (exact) mass is 201 g/mol. The lowest BCUT2D eigenvalue weighted by molar-refractivity contribution is -0.116. The van der Waals surface area contributed by atoms with E-state index in [2.05, 4.69) is 18.2 Å². The summed E-state index contributed by atoms with van der Waals surface area (Å²) in [5, 5.41) is 2.82. The van der Waals surface area contributed by atoms with Gasteiger partial charge < -0.3 is 5.32 Å². The van der Waals surface area contributed by atoms with Gasteiger partial charge in [-0.1, -0.05) is 19.1 Å². The fraction of sp³-hybridized carbons (Fsp3) is 0.308. The molecular formula is C13H15NO. The molecule has 0 spiro atoms. The number of carbonyl (C=O) groups is 1. The van der Waals surface area contributed by atoms with E-state index >= 15 is 0 Å². The second kappa shape index (κ2) is 5.87. The van der Waals surface area contributed by atoms with Crippen molar-refractivity contribution in [2.75, 3.05) is 5.32 Å². The van der Waals surface area contributed by atoms with E-state index in [1.54, 1.807) is 0 Å². The molecule has 1 rings (SSSR count). The third kappa shape index (κ3) is 3.86. The fourth-order valence-electron chi connectivity index (χ4n) is 1.28. The maximum absolute atomic E-state index is 11.4. The molecule has 15 heavy (non-hydrogen) atoms. The molecule has 0 heterocycles. The molecule has 0 aromatic heterocycles. The van der Waals surface area contributed by atoms with Crippen LogP contribution in [0.25, 0.3) is 0 Å². The molecule has 0 saturated heterocycles. The average Bonchev–Trinajstić information content (AvgIpc) is 2.26. The van der Waals surface area contributed by atoms with Crippen molar-refractivity contribution >= 4 is 11.6 Å². The van der Waals surface area contributed by atoms with E-state index in [9.17, 15) is 4.79 Å². The van der Waals surface area contributed by atoms with Crippen LogP contribution in [0.5, 0.6) is 0 Å². The molecule has 2 heteroatoms. The normalized spacial score (nSPS) is 9.33. The van der Waals surface area contributed by atoms with Gasteiger partial charge in [-0.25, -0.2) is 0 Å². The summed E-state index contributed by atoms with van der Waals surface area (Å²) in [6.07, 6.45) is 6.92. The molecular weight excluding hydrogens is 186 g/mol. The van der Waals surface area contributed by atoms with Crippen molar-refractivity contribution in [2.24, 2.45) is 0 Å². The Morgan fingerprint density at radius 1 is 1.53 bits per heavy atom. The van der Waals surface area contributed by atoms with Crippen molar-refractivity contribution in [3.8, 4) is 12.3 Å². The molecule has 1 aromatic carbocycles. The van der Waals surface area contributed by atoms with Crippen molar-refractivity contribution in [2.45, 2.75) is 26.2 Å². The van der Waals surface area contributed by atoms with Gasteiger partial charge in [0.05, 0.1) is 0 Å². The zero-order chi connectivity index (χ0) is 11.1. The standard InChI is InChI=1S/C13H15NO/c1-3-5-9-13(15)14-12-8-6-7-11(4-2)10-12/h1,6-8,10H,4-5,9H2,2H3,(H,14,15). The Morgan fingerprint density at radius 3 is 3.00 bits per heavy atom. The number of amides is 1. The second-order valence-corrected chi connectivity index (χ2v) is 3.31. The van der Waals surface area contributed by atoms with Gasteiger partial charge in [0.25, 0.3) is 0 Å². The Morgan fingerprint density at radius 2 is 2.33 bits per heavy atom. The van der Waals surface area contributed by atoms with Gasteiger partial charge in [0, 0.05) is 18.5 Å². The topological polar surface area (TPSA) is 29.1 Å². The summed E-state index contributed by atoms with van der Waals surface area (Å²) < 4.78 is 0. The number of hydrogen-bond acceptors (Lipinski definition) is 1. The van der Waals surface area contributed by atoms with Crippen molar-refractivity contribution in [1.29, 1.82) is 0 Å². The highest BCUT2D eigenvalue weighted by Crippen LogP contribution is 2.11. The molecule has 1 amide bonds. The Labute approximate surface area is 90.7 Å². The lowest BCUT2D eigenvalue weighted by Crippen LogP contribution is -2.10. The summed E-state index contributed by atoms with van der Waals surface area (Å²) in [5.74, 6) is 2.42. The summed E-state index contributed by atoms with van der Waals surface area (Å²) >= 11 is 0. The first-order chi connectivity index (χ1) is 7.26. The minimum absolute atomic E-state index is 0.0267. The van der Waals surface area contributed by atoms with Gasteiger partial charge >= 0.3 is 0 Å². The summed E-state index contributed by atoms with van der Waals surface area (Å²) in [6.45, 7) is 2.08. The van der Waals surface area contributed by atoms with Crippen molar-refractivity contribution in [3.05, 3.63) is 29.8 Å². The zero-order valence-electron chi connectivity index (χ0n) is 8.92. The quantitative estimate of drug-likeness (QED) is 0.745. The molecule has 0 fully saturated rings. The maximum atomic E-state index is 11.4. The number of anilines is 1. The van der Waals surface area contributed by atoms with Gasteiger partial charge in [-0.15, -0.1) is 12.3 Å². The van der Waals surface area contributed by atoms with Crippen LogP contribution in [0, 0.1) is 12.3 Å². The van der Waals surface area contributed by atoms with E-state index in [0.717, 1.165) is 12.1 Å². The van der Waals surface area contributed by atoms with Crippen LogP contribution in [0.15, 0.2) is 24.3 Å². The lowest BCUT2D eigenvalue weighted by atomic mass is 10.1. The van der Waals surface area contributed by atoms with Gasteiger partial charge in [0.2, 0.25) is 5.91 Å². The van der Waals surface area contributed by atoms with E-state index in [4.69, 9.17) is 6.42 Å². The summed E-state index contributed by atoms with van der Waals surface area (Å²) in [5.41, 5.74) is 2.06. The van der Waals surface area contributed by atoms with E-state index < -0.39 is 0 Å². The number of rotatable bonds is 4. The van der Waals surface area contributed by atoms with E-state index in [-0.39, 0.29) is 5.91 Å². The molecule has 0 aliphatic carbocycles. The first kappa shape index (κ1) is 11.3. The summed E-state index contributed by atoms with van der Waals surface area (Å²) in [7, 11) is 0. The first-order valence-corrected chi connectivity index (χ1v) is 5.08. The van der Waals surface area contributed by atoms with Gasteiger partial charge in [0.1, 0.15) is 0 Å². The SMILES string of the molecule is C#CCCC(=O)Nc1cccc(CC)c1. The first-order valence-electron chi connectivity index (χ1n) is 5.08. The number of carbonyl (C=O) groups excluding carboxylic acids is 1. The highest BCUT2D eigenvalue weighted by Gasteiger charge is 2.01. The third-order valence-electron chi connectivity index (χ3n) is 2.12. The van der Waals surface area contributed by atoms with E-state index in [0.29, 0.717) is 12.8 Å². The van der Waals surface area contributed by atoms with Crippen molar-refractivity contribution < 1.29 is 4.79 Å². The molecule has 0 bridgehead atoms. The second-order valence-electron chi connectivity index (χ2n) is 3.31. The van der Waals surface area contributed by atoms with Crippen molar-refractivity contribution in [3.63, 3.8) is 0 Å². The molecule has 0 aliphatic heterocycles. The minimum Gasteiger partial charge on any atom is -0.326 e. The number of aryl methyl sites for hydroxylation is 1. The summed E-state index contributed by atoms with van der Waals surface area (Å²) in [6, 6.07) is 7.84. The van der Waals surface area contributed by atoms with Gasteiger partial charge in [-0.2, -0.15) is 0 Å². The van der Waals surface area contributed by atoms with Crippen LogP contribution in [0.4, 0.5) is 5.69 Å². The Kier molecular flexibility index (Phi) is 4.43. The van der Waals surface area contributed by atoms with Crippen molar-refractivity contribution in [1.82, 2.24) is 0 Å². The van der Waals surface area contributed by atoms with E-state index in [1.807, 2.05) is 24.3 Å². The highest BCUT2D eigenvalue weighted by atomic mass is 16.1. The van der Waals surface area contributed by atoms with E-state index in [1.165, 1.54) is 5.56 Å². The predicted molar refractivity (Wildman–Crippen MR) is 62.5 cm³/mol. The van der Waals surface area contributed by atoms with Crippen LogP contribution in [0.1, 0.15) is 25.3 Å². The molecule has 0 atom stereocenters. The molecule has 1 N–H and O–H groups in total. The zero-order valence-corrected chi connectivity index (χ0v) is 8.92. The molecule has 0 saturated carbocycles. The Hall–Kier alpha value is -1.75.